The maximum absolute atomic E-state index is 13.2. The Kier molecular flexibility index (Phi) is 3.60. The number of anilines is 1. The molecular formula is C17H17FN2O. The van der Waals surface area contributed by atoms with Crippen molar-refractivity contribution < 1.29 is 8.81 Å². The van der Waals surface area contributed by atoms with Crippen molar-refractivity contribution in [3.8, 4) is 0 Å². The lowest BCUT2D eigenvalue weighted by atomic mass is 10.1. The second kappa shape index (κ2) is 5.56. The van der Waals surface area contributed by atoms with Crippen LogP contribution in [0.1, 0.15) is 18.4 Å². The van der Waals surface area contributed by atoms with Crippen LogP contribution in [0.4, 0.5) is 10.1 Å². The van der Waals surface area contributed by atoms with E-state index < -0.39 is 0 Å². The van der Waals surface area contributed by atoms with Gasteiger partial charge in [-0.2, -0.15) is 0 Å². The number of hydrogen-bond donors (Lipinski definition) is 1. The fourth-order valence-corrected chi connectivity index (χ4v) is 2.49. The predicted molar refractivity (Wildman–Crippen MR) is 81.9 cm³/mol. The van der Waals surface area contributed by atoms with Crippen LogP contribution in [0.5, 0.6) is 0 Å². The highest BCUT2D eigenvalue weighted by Crippen LogP contribution is 2.20. The summed E-state index contributed by atoms with van der Waals surface area (Å²) in [5, 5.41) is 3.41. The van der Waals surface area contributed by atoms with Gasteiger partial charge in [0.1, 0.15) is 11.3 Å². The molecule has 3 aromatic rings. The third-order valence-electron chi connectivity index (χ3n) is 3.34. The third-order valence-corrected chi connectivity index (χ3v) is 3.34. The highest BCUT2D eigenvalue weighted by molar-refractivity contribution is 5.77. The Morgan fingerprint density at radius 3 is 2.90 bits per heavy atom. The summed E-state index contributed by atoms with van der Waals surface area (Å²) in [6, 6.07) is 12.7. The summed E-state index contributed by atoms with van der Waals surface area (Å²) in [5.41, 5.74) is 3.60. The number of nitrogens with zero attached hydrogens (tertiary/aromatic N) is 1. The number of benzene rings is 2. The number of aromatic nitrogens is 1. The highest BCUT2D eigenvalue weighted by Gasteiger charge is 2.07. The van der Waals surface area contributed by atoms with Crippen molar-refractivity contribution in [1.29, 1.82) is 0 Å². The van der Waals surface area contributed by atoms with Crippen LogP contribution < -0.4 is 5.32 Å². The molecule has 1 atom stereocenters. The van der Waals surface area contributed by atoms with Gasteiger partial charge in [0.2, 0.25) is 0 Å². The van der Waals surface area contributed by atoms with E-state index in [1.807, 2.05) is 31.2 Å². The topological polar surface area (TPSA) is 38.1 Å². The zero-order valence-corrected chi connectivity index (χ0v) is 12.1. The molecule has 0 amide bonds. The largest absolute Gasteiger partial charge is 0.441 e. The van der Waals surface area contributed by atoms with Crippen LogP contribution in [0.2, 0.25) is 0 Å². The molecular weight excluding hydrogens is 267 g/mol. The van der Waals surface area contributed by atoms with E-state index in [2.05, 4.69) is 17.2 Å². The highest BCUT2D eigenvalue weighted by atomic mass is 19.1. The van der Waals surface area contributed by atoms with E-state index in [0.717, 1.165) is 28.8 Å². The number of fused-ring (bicyclic) bond motifs is 1. The van der Waals surface area contributed by atoms with Crippen molar-refractivity contribution >= 4 is 16.8 Å². The molecule has 0 bridgehead atoms. The summed E-state index contributed by atoms with van der Waals surface area (Å²) in [7, 11) is 0. The predicted octanol–water partition coefficient (Wildman–Crippen LogP) is 4.32. The van der Waals surface area contributed by atoms with Crippen LogP contribution in [-0.4, -0.2) is 11.0 Å². The van der Waals surface area contributed by atoms with Crippen molar-refractivity contribution in [2.45, 2.75) is 26.3 Å². The van der Waals surface area contributed by atoms with Gasteiger partial charge in [0.25, 0.3) is 0 Å². The molecule has 0 saturated carbocycles. The Balaban J connectivity index is 1.72. The second-order valence-corrected chi connectivity index (χ2v) is 5.29. The van der Waals surface area contributed by atoms with Gasteiger partial charge in [-0.15, -0.1) is 0 Å². The maximum atomic E-state index is 13.2. The van der Waals surface area contributed by atoms with E-state index in [1.54, 1.807) is 12.1 Å². The van der Waals surface area contributed by atoms with Gasteiger partial charge in [0, 0.05) is 18.7 Å². The summed E-state index contributed by atoms with van der Waals surface area (Å²) in [6.45, 7) is 3.91. The summed E-state index contributed by atoms with van der Waals surface area (Å²) in [4.78, 5) is 4.32. The van der Waals surface area contributed by atoms with Gasteiger partial charge in [0.05, 0.1) is 0 Å². The van der Waals surface area contributed by atoms with Gasteiger partial charge in [-0.25, -0.2) is 9.37 Å². The van der Waals surface area contributed by atoms with E-state index in [9.17, 15) is 4.39 Å². The van der Waals surface area contributed by atoms with Crippen molar-refractivity contribution in [2.75, 3.05) is 5.32 Å². The van der Waals surface area contributed by atoms with Crippen LogP contribution in [0.25, 0.3) is 11.1 Å². The van der Waals surface area contributed by atoms with Gasteiger partial charge < -0.3 is 9.73 Å². The summed E-state index contributed by atoms with van der Waals surface area (Å²) in [6.07, 6.45) is 0.758. The second-order valence-electron chi connectivity index (χ2n) is 5.29. The summed E-state index contributed by atoms with van der Waals surface area (Å²) in [5.74, 6) is 0.467. The average Bonchev–Trinajstić information content (AvgIpc) is 2.78. The van der Waals surface area contributed by atoms with E-state index in [1.165, 1.54) is 6.07 Å². The first-order valence-corrected chi connectivity index (χ1v) is 6.98. The zero-order valence-electron chi connectivity index (χ0n) is 12.1. The lowest BCUT2D eigenvalue weighted by Crippen LogP contribution is -2.18. The molecule has 0 spiro atoms. The number of oxazole rings is 1. The molecule has 0 radical (unpaired) electrons. The quantitative estimate of drug-likeness (QED) is 0.775. The van der Waals surface area contributed by atoms with Crippen molar-refractivity contribution in [1.82, 2.24) is 4.98 Å². The van der Waals surface area contributed by atoms with Crippen LogP contribution in [0, 0.1) is 12.7 Å². The van der Waals surface area contributed by atoms with Crippen molar-refractivity contribution in [3.63, 3.8) is 0 Å². The molecule has 1 N–H and O–H groups in total. The molecule has 1 heterocycles. The number of aryl methyl sites for hydroxylation is 1. The SMILES string of the molecule is Cc1nc2cc(NC(C)Cc3cccc(F)c3)ccc2o1. The van der Waals surface area contributed by atoms with Crippen molar-refractivity contribution in [2.24, 2.45) is 0 Å². The van der Waals surface area contributed by atoms with E-state index in [-0.39, 0.29) is 11.9 Å². The summed E-state index contributed by atoms with van der Waals surface area (Å²) < 4.78 is 18.6. The van der Waals surface area contributed by atoms with Crippen molar-refractivity contribution in [3.05, 3.63) is 59.7 Å². The molecule has 3 rings (SSSR count). The fourth-order valence-electron chi connectivity index (χ4n) is 2.49. The maximum Gasteiger partial charge on any atom is 0.192 e. The Bertz CT molecular complexity index is 766. The molecule has 0 aliphatic rings. The Labute approximate surface area is 122 Å². The molecule has 1 aromatic heterocycles. The minimum atomic E-state index is -0.195. The molecule has 0 fully saturated rings. The Hall–Kier alpha value is -2.36. The van der Waals surface area contributed by atoms with Crippen LogP contribution in [0.3, 0.4) is 0 Å². The normalized spacial score (nSPS) is 12.5. The number of nitrogens with one attached hydrogen (secondary N) is 1. The smallest absolute Gasteiger partial charge is 0.192 e. The number of rotatable bonds is 4. The van der Waals surface area contributed by atoms with E-state index in [4.69, 9.17) is 4.42 Å². The van der Waals surface area contributed by atoms with Gasteiger partial charge in [-0.3, -0.25) is 0 Å². The van der Waals surface area contributed by atoms with Crippen LogP contribution in [0.15, 0.2) is 46.9 Å². The Morgan fingerprint density at radius 2 is 2.10 bits per heavy atom. The average molecular weight is 284 g/mol. The fraction of sp³-hybridized carbons (Fsp3) is 0.235. The lowest BCUT2D eigenvalue weighted by Gasteiger charge is -2.15. The first kappa shape index (κ1) is 13.6. The molecule has 1 unspecified atom stereocenters. The molecule has 4 heteroatoms. The molecule has 2 aromatic carbocycles. The van der Waals surface area contributed by atoms with Crippen LogP contribution in [-0.2, 0) is 6.42 Å². The van der Waals surface area contributed by atoms with Crippen LogP contribution >= 0.6 is 0 Å². The first-order valence-electron chi connectivity index (χ1n) is 6.98. The van der Waals surface area contributed by atoms with Gasteiger partial charge >= 0.3 is 0 Å². The van der Waals surface area contributed by atoms with Gasteiger partial charge in [0.15, 0.2) is 11.5 Å². The number of halogens is 1. The first-order chi connectivity index (χ1) is 10.1. The van der Waals surface area contributed by atoms with Gasteiger partial charge in [-0.05, 0) is 49.2 Å². The molecule has 0 saturated heterocycles. The minimum Gasteiger partial charge on any atom is -0.441 e. The Morgan fingerprint density at radius 1 is 1.24 bits per heavy atom. The zero-order chi connectivity index (χ0) is 14.8. The minimum absolute atomic E-state index is 0.192. The molecule has 3 nitrogen and oxygen atoms in total. The van der Waals surface area contributed by atoms with Gasteiger partial charge in [-0.1, -0.05) is 12.1 Å². The van der Waals surface area contributed by atoms with E-state index in [0.29, 0.717) is 5.89 Å². The standard InChI is InChI=1S/C17H17FN2O/c1-11(8-13-4-3-5-14(18)9-13)19-15-6-7-17-16(10-15)20-12(2)21-17/h3-7,9-11,19H,8H2,1-2H3. The molecule has 108 valence electrons. The van der Waals surface area contributed by atoms with E-state index >= 15 is 0 Å². The molecule has 21 heavy (non-hydrogen) atoms. The monoisotopic (exact) mass is 284 g/mol. The molecule has 0 aliphatic carbocycles. The number of hydrogen-bond acceptors (Lipinski definition) is 3. The lowest BCUT2D eigenvalue weighted by molar-refractivity contribution is 0.561. The third kappa shape index (κ3) is 3.21. The molecule has 0 aliphatic heterocycles. The summed E-state index contributed by atoms with van der Waals surface area (Å²) >= 11 is 0.